The summed E-state index contributed by atoms with van der Waals surface area (Å²) in [6.45, 7) is 11.2. The predicted octanol–water partition coefficient (Wildman–Crippen LogP) is 2.87. The van der Waals surface area contributed by atoms with Crippen molar-refractivity contribution in [2.45, 2.75) is 92.0 Å². The summed E-state index contributed by atoms with van der Waals surface area (Å²) in [6, 6.07) is 0. The number of aliphatic hydroxyl groups is 1. The molecule has 32 heavy (non-hydrogen) atoms. The minimum atomic E-state index is -1.22. The number of carbonyl (C=O) groups is 3. The van der Waals surface area contributed by atoms with Gasteiger partial charge in [-0.1, -0.05) is 33.3 Å². The van der Waals surface area contributed by atoms with Gasteiger partial charge in [-0.25, -0.2) is 4.79 Å². The summed E-state index contributed by atoms with van der Waals surface area (Å²) in [5, 5.41) is 11.0. The molecule has 2 aliphatic carbocycles. The van der Waals surface area contributed by atoms with Crippen LogP contribution < -0.4 is 0 Å². The minimum Gasteiger partial charge on any atom is -0.450 e. The van der Waals surface area contributed by atoms with Crippen molar-refractivity contribution in [1.29, 1.82) is 0 Å². The number of aliphatic hydroxyl groups excluding tert-OH is 1. The van der Waals surface area contributed by atoms with Gasteiger partial charge in [0.15, 0.2) is 0 Å². The first kappa shape index (κ1) is 23.2. The Morgan fingerprint density at radius 3 is 2.38 bits per heavy atom. The van der Waals surface area contributed by atoms with Crippen molar-refractivity contribution in [3.05, 3.63) is 11.1 Å². The fourth-order valence-corrected chi connectivity index (χ4v) is 6.60. The Labute approximate surface area is 188 Å². The molecule has 1 N–H and O–H groups in total. The number of carbonyl (C=O) groups excluding carboxylic acids is 3. The molecular formula is C24H34O8. The van der Waals surface area contributed by atoms with Gasteiger partial charge in [-0.3, -0.25) is 9.59 Å². The van der Waals surface area contributed by atoms with Crippen molar-refractivity contribution >= 4 is 17.9 Å². The molecule has 8 heteroatoms. The van der Waals surface area contributed by atoms with Crippen LogP contribution in [0.15, 0.2) is 11.1 Å². The zero-order valence-corrected chi connectivity index (χ0v) is 19.7. The Balaban J connectivity index is 1.76. The van der Waals surface area contributed by atoms with Gasteiger partial charge in [0, 0.05) is 19.8 Å². The molecule has 178 valence electrons. The molecule has 2 heterocycles. The van der Waals surface area contributed by atoms with Crippen molar-refractivity contribution in [3.63, 3.8) is 0 Å². The predicted molar refractivity (Wildman–Crippen MR) is 112 cm³/mol. The normalized spacial score (nSPS) is 42.7. The average molecular weight is 451 g/mol. The highest BCUT2D eigenvalue weighted by Gasteiger charge is 2.66. The molecule has 0 aromatic rings. The fourth-order valence-electron chi connectivity index (χ4n) is 6.60. The second-order valence-corrected chi connectivity index (χ2v) is 10.7. The average Bonchev–Trinajstić information content (AvgIpc) is 2.96. The van der Waals surface area contributed by atoms with Crippen molar-refractivity contribution in [2.75, 3.05) is 0 Å². The Kier molecular flexibility index (Phi) is 5.69. The van der Waals surface area contributed by atoms with Crippen molar-refractivity contribution < 1.29 is 38.4 Å². The van der Waals surface area contributed by atoms with Crippen LogP contribution in [0.1, 0.15) is 67.2 Å². The molecule has 0 aromatic heterocycles. The highest BCUT2D eigenvalue weighted by Crippen LogP contribution is 2.61. The van der Waals surface area contributed by atoms with Gasteiger partial charge in [-0.2, -0.15) is 0 Å². The smallest absolute Gasteiger partial charge is 0.350 e. The Morgan fingerprint density at radius 1 is 1.09 bits per heavy atom. The van der Waals surface area contributed by atoms with E-state index in [4.69, 9.17) is 18.9 Å². The summed E-state index contributed by atoms with van der Waals surface area (Å²) in [5.74, 6) is -2.93. The Morgan fingerprint density at radius 2 is 1.75 bits per heavy atom. The molecule has 4 rings (SSSR count). The van der Waals surface area contributed by atoms with Crippen LogP contribution in [0, 0.1) is 28.6 Å². The van der Waals surface area contributed by atoms with Crippen molar-refractivity contribution in [3.8, 4) is 0 Å². The largest absolute Gasteiger partial charge is 0.450 e. The molecular weight excluding hydrogens is 416 g/mol. The number of allylic oxidation sites excluding steroid dienone is 1. The third kappa shape index (κ3) is 3.55. The summed E-state index contributed by atoms with van der Waals surface area (Å²) in [4.78, 5) is 36.2. The van der Waals surface area contributed by atoms with Gasteiger partial charge in [0.05, 0.1) is 12.0 Å². The van der Waals surface area contributed by atoms with E-state index in [0.717, 1.165) is 24.8 Å². The Bertz CT molecular complexity index is 860. The minimum absolute atomic E-state index is 0.0229. The van der Waals surface area contributed by atoms with Gasteiger partial charge in [0.2, 0.25) is 18.7 Å². The van der Waals surface area contributed by atoms with Gasteiger partial charge >= 0.3 is 17.9 Å². The summed E-state index contributed by atoms with van der Waals surface area (Å²) in [6.07, 6.45) is -0.422. The number of fused-ring (bicyclic) bond motifs is 2. The highest BCUT2D eigenvalue weighted by atomic mass is 16.8. The number of hydrogen-bond donors (Lipinski definition) is 1. The third-order valence-corrected chi connectivity index (χ3v) is 8.38. The zero-order chi connectivity index (χ0) is 23.6. The second-order valence-electron chi connectivity index (χ2n) is 10.7. The van der Waals surface area contributed by atoms with E-state index in [2.05, 4.69) is 27.7 Å². The van der Waals surface area contributed by atoms with Gasteiger partial charge in [-0.15, -0.1) is 0 Å². The number of hydrogen-bond acceptors (Lipinski definition) is 8. The van der Waals surface area contributed by atoms with Gasteiger partial charge < -0.3 is 24.1 Å². The zero-order valence-electron chi connectivity index (χ0n) is 19.7. The molecule has 8 nitrogen and oxygen atoms in total. The molecule has 2 fully saturated rings. The van der Waals surface area contributed by atoms with Crippen LogP contribution in [0.5, 0.6) is 0 Å². The molecule has 2 bridgehead atoms. The van der Waals surface area contributed by atoms with Gasteiger partial charge in [-0.05, 0) is 48.0 Å². The van der Waals surface area contributed by atoms with E-state index in [1.165, 1.54) is 19.4 Å². The molecule has 2 aliphatic heterocycles. The van der Waals surface area contributed by atoms with Gasteiger partial charge in [0.25, 0.3) is 0 Å². The van der Waals surface area contributed by atoms with Crippen LogP contribution in [0.25, 0.3) is 0 Å². The van der Waals surface area contributed by atoms with Crippen LogP contribution in [0.2, 0.25) is 0 Å². The lowest BCUT2D eigenvalue weighted by Crippen LogP contribution is -2.56. The monoisotopic (exact) mass is 450 g/mol. The number of rotatable bonds is 3. The first-order valence-electron chi connectivity index (χ1n) is 11.5. The van der Waals surface area contributed by atoms with Gasteiger partial charge in [0.1, 0.15) is 0 Å². The van der Waals surface area contributed by atoms with Crippen LogP contribution in [-0.2, 0) is 33.3 Å². The van der Waals surface area contributed by atoms with Crippen molar-refractivity contribution in [1.82, 2.24) is 0 Å². The number of esters is 3. The lowest BCUT2D eigenvalue weighted by molar-refractivity contribution is -0.220. The summed E-state index contributed by atoms with van der Waals surface area (Å²) < 4.78 is 22.2. The topological polar surface area (TPSA) is 108 Å². The lowest BCUT2D eigenvalue weighted by atomic mass is 9.52. The van der Waals surface area contributed by atoms with Crippen LogP contribution in [0.4, 0.5) is 0 Å². The highest BCUT2D eigenvalue weighted by molar-refractivity contribution is 5.80. The lowest BCUT2D eigenvalue weighted by Gasteiger charge is -2.54. The van der Waals surface area contributed by atoms with E-state index >= 15 is 0 Å². The van der Waals surface area contributed by atoms with E-state index in [9.17, 15) is 19.5 Å². The molecule has 1 unspecified atom stereocenters. The first-order valence-corrected chi connectivity index (χ1v) is 11.5. The molecule has 4 aliphatic rings. The van der Waals surface area contributed by atoms with E-state index in [0.29, 0.717) is 6.42 Å². The fraction of sp³-hybridized carbons (Fsp3) is 0.792. The van der Waals surface area contributed by atoms with E-state index < -0.39 is 54.0 Å². The quantitative estimate of drug-likeness (QED) is 0.397. The maximum atomic E-state index is 12.6. The molecule has 8 atom stereocenters. The molecule has 2 saturated heterocycles. The van der Waals surface area contributed by atoms with Crippen LogP contribution in [-0.4, -0.2) is 47.8 Å². The van der Waals surface area contributed by atoms with Crippen molar-refractivity contribution in [2.24, 2.45) is 28.6 Å². The van der Waals surface area contributed by atoms with E-state index in [1.54, 1.807) is 0 Å². The maximum absolute atomic E-state index is 12.6. The molecule has 0 radical (unpaired) electrons. The summed E-state index contributed by atoms with van der Waals surface area (Å²) in [5.41, 5.74) is 1.98. The summed E-state index contributed by atoms with van der Waals surface area (Å²) >= 11 is 0. The third-order valence-electron chi connectivity index (χ3n) is 8.38. The maximum Gasteiger partial charge on any atom is 0.350 e. The Hall–Kier alpha value is -1.93. The van der Waals surface area contributed by atoms with Crippen LogP contribution in [0.3, 0.4) is 0 Å². The molecule has 0 spiro atoms. The molecule has 0 amide bonds. The first-order chi connectivity index (χ1) is 14.9. The second kappa shape index (κ2) is 7.83. The number of ether oxygens (including phenoxy) is 4. The standard InChI is InChI=1S/C24H34O8/c1-11-16-14(23(4,5)9-8-15(16)27)7-10-24(11,6)18-17-19(29-12(2)25)20(28)31-22(18)32-21(17)30-13(3)26/h11,15,17-19,21-22,27H,7-10H2,1-6H3/t11-,15-,17+,18+,19+,21-,22?,24-/m1/s1. The summed E-state index contributed by atoms with van der Waals surface area (Å²) in [7, 11) is 0. The molecule has 0 saturated carbocycles. The van der Waals surface area contributed by atoms with E-state index in [-0.39, 0.29) is 17.3 Å². The SMILES string of the molecule is CC(=O)O[C@@H]1OC2OC(=O)[C@@H](OC(C)=O)[C@@H]1[C@@H]2[C@]1(C)CCC2=C([C@H](O)CCC2(C)C)[C@H]1C. The van der Waals surface area contributed by atoms with Crippen LogP contribution >= 0.6 is 0 Å². The molecule has 0 aromatic carbocycles. The van der Waals surface area contributed by atoms with E-state index in [1.807, 2.05) is 0 Å².